The van der Waals surface area contributed by atoms with E-state index in [0.29, 0.717) is 12.5 Å². The normalized spacial score (nSPS) is 18.5. The van der Waals surface area contributed by atoms with Crippen molar-refractivity contribution in [2.75, 3.05) is 13.2 Å². The summed E-state index contributed by atoms with van der Waals surface area (Å²) in [7, 11) is 0. The van der Waals surface area contributed by atoms with Crippen molar-refractivity contribution in [1.29, 1.82) is 0 Å². The number of rotatable bonds is 9. The first-order valence-electron chi connectivity index (χ1n) is 7.45. The van der Waals surface area contributed by atoms with Gasteiger partial charge in [-0.3, -0.25) is 0 Å². The second-order valence-corrected chi connectivity index (χ2v) is 4.71. The van der Waals surface area contributed by atoms with E-state index in [0.717, 1.165) is 25.9 Å². The van der Waals surface area contributed by atoms with E-state index in [1.165, 1.54) is 12.8 Å². The van der Waals surface area contributed by atoms with Crippen molar-refractivity contribution in [3.8, 4) is 0 Å². The summed E-state index contributed by atoms with van der Waals surface area (Å²) in [5, 5.41) is 17.3. The van der Waals surface area contributed by atoms with E-state index in [1.54, 1.807) is 0 Å². The minimum Gasteiger partial charge on any atom is -0.394 e. The number of ether oxygens (including phenoxy) is 1. The molecule has 0 bridgehead atoms. The first kappa shape index (κ1) is 21.7. The van der Waals surface area contributed by atoms with Crippen LogP contribution in [-0.4, -0.2) is 35.6 Å². The lowest BCUT2D eigenvalue weighted by molar-refractivity contribution is 0.0891. The number of aliphatic hydroxyl groups excluding tert-OH is 2. The Hall–Kier alpha value is -0.640. The molecule has 20 heavy (non-hydrogen) atoms. The van der Waals surface area contributed by atoms with Gasteiger partial charge in [-0.15, -0.1) is 0 Å². The van der Waals surface area contributed by atoms with E-state index in [1.807, 2.05) is 6.08 Å². The molecule has 0 radical (unpaired) electrons. The Bertz CT molecular complexity index is 232. The van der Waals surface area contributed by atoms with E-state index in [4.69, 9.17) is 14.9 Å². The molecule has 0 aromatic heterocycles. The van der Waals surface area contributed by atoms with Crippen LogP contribution in [0.2, 0.25) is 0 Å². The van der Waals surface area contributed by atoms with Gasteiger partial charge in [-0.25, -0.2) is 0 Å². The molecule has 0 aromatic carbocycles. The zero-order valence-corrected chi connectivity index (χ0v) is 12.4. The number of hydrogen-bond acceptors (Lipinski definition) is 3. The summed E-state index contributed by atoms with van der Waals surface area (Å²) >= 11 is 0. The van der Waals surface area contributed by atoms with Gasteiger partial charge in [0, 0.05) is 0 Å². The molecule has 0 amide bonds. The highest BCUT2D eigenvalue weighted by atomic mass is 16.6. The lowest BCUT2D eigenvalue weighted by Crippen LogP contribution is -2.10. The fraction of sp³-hybridized carbons (Fsp3) is 0.765. The van der Waals surface area contributed by atoms with Crippen LogP contribution in [0, 0.1) is 0 Å². The highest BCUT2D eigenvalue weighted by molar-refractivity contribution is 4.83. The van der Waals surface area contributed by atoms with Gasteiger partial charge in [0.1, 0.15) is 0 Å². The van der Waals surface area contributed by atoms with Crippen LogP contribution in [0.15, 0.2) is 24.3 Å². The molecule has 0 spiro atoms. The zero-order chi connectivity index (χ0) is 14.3. The topological polar surface area (TPSA) is 53.0 Å². The highest BCUT2D eigenvalue weighted by Gasteiger charge is 2.20. The molecule has 0 unspecified atom stereocenters. The third-order valence-electron chi connectivity index (χ3n) is 2.74. The lowest BCUT2D eigenvalue weighted by atomic mass is 10.2. The second-order valence-electron chi connectivity index (χ2n) is 4.71. The minimum absolute atomic E-state index is 0. The molecular weight excluding hydrogens is 252 g/mol. The molecule has 3 heteroatoms. The summed E-state index contributed by atoms with van der Waals surface area (Å²) in [5.74, 6) is 0. The molecule has 1 aliphatic rings. The monoisotopic (exact) mass is 286 g/mol. The van der Waals surface area contributed by atoms with Crippen LogP contribution in [0.4, 0.5) is 0 Å². The molecule has 1 rings (SSSR count). The van der Waals surface area contributed by atoms with E-state index >= 15 is 0 Å². The molecule has 2 atom stereocenters. The molecule has 1 aliphatic heterocycles. The summed E-state index contributed by atoms with van der Waals surface area (Å²) < 4.78 is 5.05. The van der Waals surface area contributed by atoms with Gasteiger partial charge < -0.3 is 14.9 Å². The van der Waals surface area contributed by atoms with Gasteiger partial charge in [0.15, 0.2) is 0 Å². The van der Waals surface area contributed by atoms with Gasteiger partial charge in [0.25, 0.3) is 0 Å². The summed E-state index contributed by atoms with van der Waals surface area (Å²) in [6.07, 6.45) is 14.7. The quantitative estimate of drug-likeness (QED) is 0.500. The van der Waals surface area contributed by atoms with Gasteiger partial charge in [0.2, 0.25) is 0 Å². The SMILES string of the molecule is C.CC/C=C\CC[C@@H](O)CO.CC/C=C\CC[C@@H]1CO1. The van der Waals surface area contributed by atoms with Crippen molar-refractivity contribution in [2.45, 2.75) is 72.0 Å². The maximum Gasteiger partial charge on any atom is 0.0812 e. The van der Waals surface area contributed by atoms with Crippen LogP contribution in [-0.2, 0) is 4.74 Å². The minimum atomic E-state index is -0.540. The largest absolute Gasteiger partial charge is 0.394 e. The zero-order valence-electron chi connectivity index (χ0n) is 12.4. The Balaban J connectivity index is 0. The van der Waals surface area contributed by atoms with Crippen molar-refractivity contribution in [3.63, 3.8) is 0 Å². The number of allylic oxidation sites excluding steroid dienone is 4. The molecule has 3 nitrogen and oxygen atoms in total. The first-order chi connectivity index (χ1) is 9.24. The highest BCUT2D eigenvalue weighted by Crippen LogP contribution is 2.15. The average Bonchev–Trinajstić information content (AvgIpc) is 3.24. The Kier molecular flexibility index (Phi) is 17.8. The predicted molar refractivity (Wildman–Crippen MR) is 86.9 cm³/mol. The fourth-order valence-corrected chi connectivity index (χ4v) is 1.47. The maximum absolute atomic E-state index is 8.87. The summed E-state index contributed by atoms with van der Waals surface area (Å²) in [5.41, 5.74) is 0. The molecular formula is C17H34O3. The van der Waals surface area contributed by atoms with E-state index in [9.17, 15) is 0 Å². The van der Waals surface area contributed by atoms with E-state index in [2.05, 4.69) is 32.1 Å². The van der Waals surface area contributed by atoms with Crippen LogP contribution in [0.3, 0.4) is 0 Å². The van der Waals surface area contributed by atoms with Crippen LogP contribution < -0.4 is 0 Å². The fourth-order valence-electron chi connectivity index (χ4n) is 1.47. The van der Waals surface area contributed by atoms with Gasteiger partial charge >= 0.3 is 0 Å². The van der Waals surface area contributed by atoms with Gasteiger partial charge in [0.05, 0.1) is 25.4 Å². The van der Waals surface area contributed by atoms with Gasteiger partial charge in [-0.05, 0) is 38.5 Å². The second kappa shape index (κ2) is 16.4. The van der Waals surface area contributed by atoms with Crippen LogP contribution in [0.25, 0.3) is 0 Å². The van der Waals surface area contributed by atoms with E-state index < -0.39 is 6.10 Å². The van der Waals surface area contributed by atoms with Crippen LogP contribution in [0.1, 0.15) is 59.8 Å². The Morgan fingerprint density at radius 1 is 1.10 bits per heavy atom. The maximum atomic E-state index is 8.87. The van der Waals surface area contributed by atoms with Crippen LogP contribution >= 0.6 is 0 Å². The standard InChI is InChI=1S/C8H16O2.C8H14O.CH4/c1-2-3-4-5-6-8(10)7-9;1-2-3-4-5-6-8-7-9-8;/h3-4,8-10H,2,5-7H2,1H3;3-4,8H,2,5-7H2,1H3;1H4/b2*4-3-;/t2*8-;/m11./s1. The van der Waals surface area contributed by atoms with Crippen molar-refractivity contribution in [1.82, 2.24) is 0 Å². The van der Waals surface area contributed by atoms with Crippen molar-refractivity contribution >= 4 is 0 Å². The number of hydrogen-bond donors (Lipinski definition) is 2. The first-order valence-corrected chi connectivity index (χ1v) is 7.45. The molecule has 1 saturated heterocycles. The van der Waals surface area contributed by atoms with E-state index in [-0.39, 0.29) is 14.0 Å². The summed E-state index contributed by atoms with van der Waals surface area (Å²) in [4.78, 5) is 0. The molecule has 120 valence electrons. The third-order valence-corrected chi connectivity index (χ3v) is 2.74. The predicted octanol–water partition coefficient (Wildman–Crippen LogP) is 3.85. The van der Waals surface area contributed by atoms with Crippen LogP contribution in [0.5, 0.6) is 0 Å². The molecule has 1 heterocycles. The number of epoxide rings is 1. The molecule has 0 aliphatic carbocycles. The smallest absolute Gasteiger partial charge is 0.0812 e. The molecule has 0 aromatic rings. The van der Waals surface area contributed by atoms with Gasteiger partial charge in [-0.1, -0.05) is 45.6 Å². The van der Waals surface area contributed by atoms with Gasteiger partial charge in [-0.2, -0.15) is 0 Å². The molecule has 2 N–H and O–H groups in total. The average molecular weight is 286 g/mol. The Morgan fingerprint density at radius 2 is 1.65 bits per heavy atom. The summed E-state index contributed by atoms with van der Waals surface area (Å²) in [6, 6.07) is 0. The lowest BCUT2D eigenvalue weighted by Gasteiger charge is -2.02. The van der Waals surface area contributed by atoms with Crippen molar-refractivity contribution in [2.24, 2.45) is 0 Å². The summed E-state index contributed by atoms with van der Waals surface area (Å²) in [6.45, 7) is 5.10. The Labute approximate surface area is 125 Å². The number of aliphatic hydroxyl groups is 2. The van der Waals surface area contributed by atoms with Crippen molar-refractivity contribution < 1.29 is 14.9 Å². The molecule has 1 fully saturated rings. The van der Waals surface area contributed by atoms with Crippen molar-refractivity contribution in [3.05, 3.63) is 24.3 Å². The third kappa shape index (κ3) is 17.4. The Morgan fingerprint density at radius 3 is 2.10 bits per heavy atom. The molecule has 0 saturated carbocycles.